The third-order valence-corrected chi connectivity index (χ3v) is 4.22. The molecule has 140 valence electrons. The van der Waals surface area contributed by atoms with Crippen LogP contribution in [-0.2, 0) is 11.2 Å². The maximum atomic E-state index is 12.9. The number of carbonyl (C=O) groups is 2. The molecule has 0 unspecified atom stereocenters. The molecule has 0 atom stereocenters. The Hall–Kier alpha value is -3.80. The van der Waals surface area contributed by atoms with Crippen LogP contribution in [0.2, 0.25) is 0 Å². The summed E-state index contributed by atoms with van der Waals surface area (Å²) in [7, 11) is 0. The van der Waals surface area contributed by atoms with Crippen LogP contribution in [0, 0.1) is 17.0 Å². The van der Waals surface area contributed by atoms with Gasteiger partial charge in [0.15, 0.2) is 5.78 Å². The summed E-state index contributed by atoms with van der Waals surface area (Å²) in [4.78, 5) is 35.9. The van der Waals surface area contributed by atoms with Gasteiger partial charge >= 0.3 is 0 Å². The number of anilines is 1. The lowest BCUT2D eigenvalue weighted by molar-refractivity contribution is -0.384. The molecule has 28 heavy (non-hydrogen) atoms. The van der Waals surface area contributed by atoms with Crippen LogP contribution in [0.1, 0.15) is 27.0 Å². The Bertz CT molecular complexity index is 1050. The molecule has 6 nitrogen and oxygen atoms in total. The molecule has 1 amide bonds. The van der Waals surface area contributed by atoms with Crippen molar-refractivity contribution in [1.29, 1.82) is 0 Å². The van der Waals surface area contributed by atoms with Gasteiger partial charge < -0.3 is 5.32 Å². The first-order valence-electron chi connectivity index (χ1n) is 8.67. The fraction of sp³-hybridized carbons (Fsp3) is 0.0909. The van der Waals surface area contributed by atoms with Crippen molar-refractivity contribution in [1.82, 2.24) is 0 Å². The maximum absolute atomic E-state index is 12.9. The van der Waals surface area contributed by atoms with Crippen LogP contribution >= 0.6 is 0 Å². The Kier molecular flexibility index (Phi) is 5.60. The number of non-ortho nitro benzene ring substituents is 1. The smallest absolute Gasteiger partial charge is 0.270 e. The molecule has 0 saturated heterocycles. The molecule has 0 radical (unpaired) electrons. The number of rotatable bonds is 6. The Balaban J connectivity index is 1.90. The highest BCUT2D eigenvalue weighted by atomic mass is 16.6. The summed E-state index contributed by atoms with van der Waals surface area (Å²) in [5, 5.41) is 13.8. The third-order valence-electron chi connectivity index (χ3n) is 4.22. The molecular formula is C22H18N2O4. The predicted octanol–water partition coefficient (Wildman–Crippen LogP) is 4.32. The minimum atomic E-state index is -0.569. The molecule has 0 fully saturated rings. The first kappa shape index (κ1) is 19.0. The van der Waals surface area contributed by atoms with Gasteiger partial charge in [0.2, 0.25) is 5.91 Å². The highest BCUT2D eigenvalue weighted by molar-refractivity contribution is 6.14. The molecule has 1 N–H and O–H groups in total. The average Bonchev–Trinajstić information content (AvgIpc) is 2.68. The van der Waals surface area contributed by atoms with Crippen molar-refractivity contribution in [3.63, 3.8) is 0 Å². The summed E-state index contributed by atoms with van der Waals surface area (Å²) < 4.78 is 0. The molecule has 3 aromatic rings. The number of carbonyl (C=O) groups excluding carboxylic acids is 2. The highest BCUT2D eigenvalue weighted by Crippen LogP contribution is 2.25. The molecule has 3 rings (SSSR count). The zero-order chi connectivity index (χ0) is 20.1. The second-order valence-corrected chi connectivity index (χ2v) is 6.40. The summed E-state index contributed by atoms with van der Waals surface area (Å²) in [6.45, 7) is 1.94. The number of hydrogen-bond donors (Lipinski definition) is 1. The van der Waals surface area contributed by atoms with E-state index in [1.165, 1.54) is 18.2 Å². The number of nitrogens with one attached hydrogen (secondary N) is 1. The number of nitro groups is 1. The molecular weight excluding hydrogens is 356 g/mol. The Labute approximate surface area is 162 Å². The van der Waals surface area contributed by atoms with Gasteiger partial charge in [0.25, 0.3) is 5.69 Å². The van der Waals surface area contributed by atoms with Crippen molar-refractivity contribution >= 4 is 23.1 Å². The predicted molar refractivity (Wildman–Crippen MR) is 106 cm³/mol. The Morgan fingerprint density at radius 2 is 1.71 bits per heavy atom. The zero-order valence-corrected chi connectivity index (χ0v) is 15.2. The monoisotopic (exact) mass is 374 g/mol. The van der Waals surface area contributed by atoms with Crippen LogP contribution in [0.4, 0.5) is 11.4 Å². The second-order valence-electron chi connectivity index (χ2n) is 6.40. The van der Waals surface area contributed by atoms with Gasteiger partial charge in [-0.05, 0) is 18.6 Å². The molecule has 0 heterocycles. The number of nitro benzene ring substituents is 1. The van der Waals surface area contributed by atoms with Gasteiger partial charge in [0.1, 0.15) is 0 Å². The molecule has 0 aliphatic heterocycles. The molecule has 6 heteroatoms. The minimum absolute atomic E-state index is 0.0815. The van der Waals surface area contributed by atoms with Crippen LogP contribution < -0.4 is 5.32 Å². The van der Waals surface area contributed by atoms with E-state index in [0.29, 0.717) is 5.56 Å². The highest BCUT2D eigenvalue weighted by Gasteiger charge is 2.19. The van der Waals surface area contributed by atoms with E-state index in [1.807, 2.05) is 31.2 Å². The lowest BCUT2D eigenvalue weighted by Gasteiger charge is -2.11. The quantitative estimate of drug-likeness (QED) is 0.395. The molecule has 0 aliphatic carbocycles. The number of benzene rings is 3. The van der Waals surface area contributed by atoms with E-state index in [2.05, 4.69) is 5.32 Å². The van der Waals surface area contributed by atoms with Crippen LogP contribution in [0.3, 0.4) is 0 Å². The van der Waals surface area contributed by atoms with Gasteiger partial charge in [-0.2, -0.15) is 0 Å². The summed E-state index contributed by atoms with van der Waals surface area (Å²) in [5.74, 6) is -0.697. The van der Waals surface area contributed by atoms with Crippen LogP contribution in [0.5, 0.6) is 0 Å². The number of nitrogens with zero attached hydrogens (tertiary/aromatic N) is 1. The lowest BCUT2D eigenvalue weighted by Crippen LogP contribution is -2.17. The number of hydrogen-bond acceptors (Lipinski definition) is 4. The average molecular weight is 374 g/mol. The van der Waals surface area contributed by atoms with Crippen molar-refractivity contribution in [3.8, 4) is 0 Å². The minimum Gasteiger partial charge on any atom is -0.325 e. The van der Waals surface area contributed by atoms with Gasteiger partial charge in [-0.25, -0.2) is 0 Å². The second kappa shape index (κ2) is 8.26. The van der Waals surface area contributed by atoms with Crippen LogP contribution in [0.15, 0.2) is 72.8 Å². The van der Waals surface area contributed by atoms with E-state index < -0.39 is 10.7 Å². The summed E-state index contributed by atoms with van der Waals surface area (Å²) in [6, 6.07) is 19.9. The van der Waals surface area contributed by atoms with Gasteiger partial charge in [-0.1, -0.05) is 60.2 Å². The molecule has 0 aromatic heterocycles. The molecule has 0 aliphatic rings. The number of amides is 1. The maximum Gasteiger partial charge on any atom is 0.270 e. The van der Waals surface area contributed by atoms with Crippen molar-refractivity contribution in [3.05, 3.63) is 105 Å². The van der Waals surface area contributed by atoms with Gasteiger partial charge in [0, 0.05) is 17.7 Å². The fourth-order valence-corrected chi connectivity index (χ4v) is 2.89. The number of aryl methyl sites for hydroxylation is 1. The van der Waals surface area contributed by atoms with Crippen molar-refractivity contribution in [2.75, 3.05) is 5.32 Å². The normalized spacial score (nSPS) is 10.3. The summed E-state index contributed by atoms with van der Waals surface area (Å²) in [5.41, 5.74) is 2.39. The van der Waals surface area contributed by atoms with Crippen molar-refractivity contribution in [2.24, 2.45) is 0 Å². The van der Waals surface area contributed by atoms with Gasteiger partial charge in [0.05, 0.1) is 22.6 Å². The van der Waals surface area contributed by atoms with Crippen LogP contribution in [0.25, 0.3) is 0 Å². The number of ketones is 1. The molecule has 0 spiro atoms. The van der Waals surface area contributed by atoms with Gasteiger partial charge in [-0.15, -0.1) is 0 Å². The largest absolute Gasteiger partial charge is 0.325 e. The summed E-state index contributed by atoms with van der Waals surface area (Å²) >= 11 is 0. The van der Waals surface area contributed by atoms with E-state index in [0.717, 1.165) is 11.1 Å². The fourth-order valence-electron chi connectivity index (χ4n) is 2.89. The van der Waals surface area contributed by atoms with E-state index in [1.54, 1.807) is 30.3 Å². The van der Waals surface area contributed by atoms with E-state index >= 15 is 0 Å². The van der Waals surface area contributed by atoms with Gasteiger partial charge in [-0.3, -0.25) is 19.7 Å². The summed E-state index contributed by atoms with van der Waals surface area (Å²) in [6.07, 6.45) is 0.137. The Morgan fingerprint density at radius 1 is 0.964 bits per heavy atom. The standard InChI is InChI=1S/C22H18N2O4/c1-15-6-5-7-16(12-15)13-21(25)23-20-11-10-18(24(27)28)14-19(20)22(26)17-8-3-2-4-9-17/h2-12,14H,13H2,1H3,(H,23,25). The first-order chi connectivity index (χ1) is 13.4. The van der Waals surface area contributed by atoms with Crippen molar-refractivity contribution < 1.29 is 14.5 Å². The third kappa shape index (κ3) is 4.48. The van der Waals surface area contributed by atoms with E-state index in [-0.39, 0.29) is 29.3 Å². The Morgan fingerprint density at radius 3 is 2.39 bits per heavy atom. The molecule has 0 bridgehead atoms. The molecule has 0 saturated carbocycles. The van der Waals surface area contributed by atoms with E-state index in [9.17, 15) is 19.7 Å². The topological polar surface area (TPSA) is 89.3 Å². The first-order valence-corrected chi connectivity index (χ1v) is 8.67. The van der Waals surface area contributed by atoms with Crippen LogP contribution in [-0.4, -0.2) is 16.6 Å². The lowest BCUT2D eigenvalue weighted by atomic mass is 10.0. The van der Waals surface area contributed by atoms with Crippen molar-refractivity contribution in [2.45, 2.75) is 13.3 Å². The molecule has 3 aromatic carbocycles. The SMILES string of the molecule is Cc1cccc(CC(=O)Nc2ccc([N+](=O)[O-])cc2C(=O)c2ccccc2)c1. The van der Waals surface area contributed by atoms with E-state index in [4.69, 9.17) is 0 Å². The zero-order valence-electron chi connectivity index (χ0n) is 15.2.